The monoisotopic (exact) mass is 483 g/mol. The molecule has 0 aromatic heterocycles. The molecule has 0 spiro atoms. The fourth-order valence-corrected chi connectivity index (χ4v) is 6.17. The summed E-state index contributed by atoms with van der Waals surface area (Å²) in [5.74, 6) is -0.114. The molecule has 12 heteroatoms. The topological polar surface area (TPSA) is 113 Å². The number of rotatable bonds is 10. The molecule has 0 bridgehead atoms. The Balaban J connectivity index is 2.24. The fourth-order valence-electron chi connectivity index (χ4n) is 2.86. The standard InChI is InChI=1S/C17H26ClN3O5S3/c1-3-28(23,24)20-15(8-11-27-2)17(22)19-13-6-7-14(18)16(12-13)29(25,26)21-9-4-5-10-21/h6-7,12,15,20H,3-5,8-11H2,1-2H3,(H,19,22). The van der Waals surface area contributed by atoms with Gasteiger partial charge in [0.25, 0.3) is 0 Å². The van der Waals surface area contributed by atoms with E-state index in [0.717, 1.165) is 12.8 Å². The van der Waals surface area contributed by atoms with Crippen LogP contribution in [-0.2, 0) is 24.8 Å². The zero-order valence-electron chi connectivity index (χ0n) is 16.4. The van der Waals surface area contributed by atoms with Crippen LogP contribution >= 0.6 is 23.4 Å². The predicted octanol–water partition coefficient (Wildman–Crippen LogP) is 2.12. The van der Waals surface area contributed by atoms with Crippen molar-refractivity contribution in [3.8, 4) is 0 Å². The van der Waals surface area contributed by atoms with Gasteiger partial charge in [0.15, 0.2) is 0 Å². The molecule has 2 N–H and O–H groups in total. The van der Waals surface area contributed by atoms with Crippen molar-refractivity contribution in [2.75, 3.05) is 36.2 Å². The molecular weight excluding hydrogens is 458 g/mol. The van der Waals surface area contributed by atoms with E-state index in [0.29, 0.717) is 25.3 Å². The number of hydrogen-bond acceptors (Lipinski definition) is 6. The average molecular weight is 484 g/mol. The van der Waals surface area contributed by atoms with Gasteiger partial charge in [0, 0.05) is 18.8 Å². The normalized spacial score (nSPS) is 16.7. The molecule has 0 aliphatic carbocycles. The highest BCUT2D eigenvalue weighted by molar-refractivity contribution is 7.98. The smallest absolute Gasteiger partial charge is 0.244 e. The summed E-state index contributed by atoms with van der Waals surface area (Å²) in [4.78, 5) is 12.6. The first kappa shape index (κ1) is 24.4. The van der Waals surface area contributed by atoms with Crippen LogP contribution in [-0.4, -0.2) is 63.9 Å². The summed E-state index contributed by atoms with van der Waals surface area (Å²) in [7, 11) is -7.34. The lowest BCUT2D eigenvalue weighted by Gasteiger charge is -2.19. The van der Waals surface area contributed by atoms with E-state index in [-0.39, 0.29) is 21.4 Å². The third kappa shape index (κ3) is 6.56. The second-order valence-corrected chi connectivity index (χ2v) is 11.9. The lowest BCUT2D eigenvalue weighted by Crippen LogP contribution is -2.44. The first-order valence-electron chi connectivity index (χ1n) is 9.20. The number of thioether (sulfide) groups is 1. The van der Waals surface area contributed by atoms with Gasteiger partial charge in [-0.05, 0) is 56.4 Å². The first-order valence-corrected chi connectivity index (χ1v) is 14.1. The van der Waals surface area contributed by atoms with Crippen LogP contribution in [0.5, 0.6) is 0 Å². The summed E-state index contributed by atoms with van der Waals surface area (Å²) in [6.45, 7) is 2.36. The Bertz CT molecular complexity index is 932. The van der Waals surface area contributed by atoms with Crippen LogP contribution in [0.4, 0.5) is 5.69 Å². The number of anilines is 1. The van der Waals surface area contributed by atoms with E-state index in [1.54, 1.807) is 0 Å². The van der Waals surface area contributed by atoms with Gasteiger partial charge in [-0.2, -0.15) is 16.1 Å². The molecule has 1 saturated heterocycles. The minimum atomic E-state index is -3.76. The van der Waals surface area contributed by atoms with Crippen molar-refractivity contribution in [1.82, 2.24) is 9.03 Å². The molecule has 1 unspecified atom stereocenters. The minimum absolute atomic E-state index is 0.0699. The number of carbonyl (C=O) groups is 1. The Morgan fingerprint density at radius 3 is 2.48 bits per heavy atom. The van der Waals surface area contributed by atoms with Crippen molar-refractivity contribution in [3.05, 3.63) is 23.2 Å². The maximum atomic E-state index is 12.8. The van der Waals surface area contributed by atoms with Crippen molar-refractivity contribution in [1.29, 1.82) is 0 Å². The Kier molecular flexibility index (Phi) is 8.80. The van der Waals surface area contributed by atoms with Gasteiger partial charge >= 0.3 is 0 Å². The van der Waals surface area contributed by atoms with Crippen LogP contribution in [0.3, 0.4) is 0 Å². The molecule has 8 nitrogen and oxygen atoms in total. The van der Waals surface area contributed by atoms with Crippen molar-refractivity contribution in [3.63, 3.8) is 0 Å². The maximum Gasteiger partial charge on any atom is 0.244 e. The number of benzene rings is 1. The molecule has 1 aliphatic rings. The second kappa shape index (κ2) is 10.5. The fraction of sp³-hybridized carbons (Fsp3) is 0.588. The number of amides is 1. The van der Waals surface area contributed by atoms with E-state index in [4.69, 9.17) is 11.6 Å². The Labute approximate surface area is 181 Å². The Morgan fingerprint density at radius 1 is 1.24 bits per heavy atom. The van der Waals surface area contributed by atoms with Gasteiger partial charge < -0.3 is 5.32 Å². The quantitative estimate of drug-likeness (QED) is 0.527. The van der Waals surface area contributed by atoms with Crippen molar-refractivity contribution >= 4 is 55.0 Å². The minimum Gasteiger partial charge on any atom is -0.325 e. The zero-order chi connectivity index (χ0) is 21.7. The van der Waals surface area contributed by atoms with Gasteiger partial charge in [0.05, 0.1) is 10.8 Å². The van der Waals surface area contributed by atoms with Crippen LogP contribution in [0.1, 0.15) is 26.2 Å². The van der Waals surface area contributed by atoms with Crippen LogP contribution in [0.2, 0.25) is 5.02 Å². The SMILES string of the molecule is CCS(=O)(=O)NC(CCSC)C(=O)Nc1ccc(Cl)c(S(=O)(=O)N2CCCC2)c1. The molecule has 1 aromatic carbocycles. The summed E-state index contributed by atoms with van der Waals surface area (Å²) < 4.78 is 53.2. The highest BCUT2D eigenvalue weighted by atomic mass is 35.5. The highest BCUT2D eigenvalue weighted by Gasteiger charge is 2.30. The molecule has 1 aliphatic heterocycles. The van der Waals surface area contributed by atoms with E-state index in [2.05, 4.69) is 10.0 Å². The molecule has 0 radical (unpaired) electrons. The van der Waals surface area contributed by atoms with Gasteiger partial charge in [0.1, 0.15) is 10.9 Å². The van der Waals surface area contributed by atoms with Crippen LogP contribution < -0.4 is 10.0 Å². The second-order valence-electron chi connectivity index (χ2n) is 6.60. The molecule has 1 atom stereocenters. The van der Waals surface area contributed by atoms with Crippen molar-refractivity contribution in [2.24, 2.45) is 0 Å². The van der Waals surface area contributed by atoms with Gasteiger partial charge in [-0.25, -0.2) is 21.6 Å². The van der Waals surface area contributed by atoms with E-state index < -0.39 is 32.0 Å². The van der Waals surface area contributed by atoms with E-state index >= 15 is 0 Å². The number of sulfonamides is 2. The van der Waals surface area contributed by atoms with Crippen LogP contribution in [0.15, 0.2) is 23.1 Å². The lowest BCUT2D eigenvalue weighted by molar-refractivity contribution is -0.117. The van der Waals surface area contributed by atoms with E-state index in [1.165, 1.54) is 41.2 Å². The molecule has 1 amide bonds. The van der Waals surface area contributed by atoms with Crippen molar-refractivity contribution < 1.29 is 21.6 Å². The molecule has 0 saturated carbocycles. The number of hydrogen-bond donors (Lipinski definition) is 2. The molecular formula is C17H26ClN3O5S3. The van der Waals surface area contributed by atoms with Gasteiger partial charge in [0.2, 0.25) is 26.0 Å². The number of nitrogens with one attached hydrogen (secondary N) is 2. The molecule has 2 rings (SSSR count). The molecule has 164 valence electrons. The lowest BCUT2D eigenvalue weighted by atomic mass is 10.2. The maximum absolute atomic E-state index is 12.8. The number of halogens is 1. The predicted molar refractivity (Wildman–Crippen MR) is 117 cm³/mol. The first-order chi connectivity index (χ1) is 13.6. The van der Waals surface area contributed by atoms with E-state index in [9.17, 15) is 21.6 Å². The van der Waals surface area contributed by atoms with Gasteiger partial charge in [-0.1, -0.05) is 11.6 Å². The molecule has 1 fully saturated rings. The zero-order valence-corrected chi connectivity index (χ0v) is 19.6. The van der Waals surface area contributed by atoms with Gasteiger partial charge in [-0.15, -0.1) is 0 Å². The Morgan fingerprint density at radius 2 is 1.90 bits per heavy atom. The van der Waals surface area contributed by atoms with Gasteiger partial charge in [-0.3, -0.25) is 4.79 Å². The Hall–Kier alpha value is -0.850. The largest absolute Gasteiger partial charge is 0.325 e. The highest BCUT2D eigenvalue weighted by Crippen LogP contribution is 2.29. The summed E-state index contributed by atoms with van der Waals surface area (Å²) in [6.07, 6.45) is 3.75. The summed E-state index contributed by atoms with van der Waals surface area (Å²) in [5, 5.41) is 2.68. The summed E-state index contributed by atoms with van der Waals surface area (Å²) in [5.41, 5.74) is 0.238. The average Bonchev–Trinajstić information content (AvgIpc) is 3.22. The molecule has 1 heterocycles. The van der Waals surface area contributed by atoms with E-state index in [1.807, 2.05) is 6.26 Å². The third-order valence-corrected chi connectivity index (χ3v) is 8.94. The summed E-state index contributed by atoms with van der Waals surface area (Å²) >= 11 is 7.61. The third-order valence-electron chi connectivity index (χ3n) is 4.51. The van der Waals surface area contributed by atoms with Crippen LogP contribution in [0, 0.1) is 0 Å². The molecule has 1 aromatic rings. The van der Waals surface area contributed by atoms with Crippen LogP contribution in [0.25, 0.3) is 0 Å². The number of nitrogens with zero attached hydrogens (tertiary/aromatic N) is 1. The number of carbonyl (C=O) groups excluding carboxylic acids is 1. The van der Waals surface area contributed by atoms with Crippen molar-refractivity contribution in [2.45, 2.75) is 37.1 Å². The molecule has 29 heavy (non-hydrogen) atoms. The summed E-state index contributed by atoms with van der Waals surface area (Å²) in [6, 6.07) is 3.26.